The summed E-state index contributed by atoms with van der Waals surface area (Å²) in [5.41, 5.74) is 0. The van der Waals surface area contributed by atoms with E-state index in [1.807, 2.05) is 21.1 Å². The average Bonchev–Trinajstić information content (AvgIpc) is 3.21. The van der Waals surface area contributed by atoms with Crippen molar-refractivity contribution in [3.63, 3.8) is 0 Å². The summed E-state index contributed by atoms with van der Waals surface area (Å²) in [5, 5.41) is 11.7. The van der Waals surface area contributed by atoms with Gasteiger partial charge in [0.1, 0.15) is 13.2 Å². The molecule has 9 heteroatoms. The second-order valence-corrected chi connectivity index (χ2v) is 18.8. The number of nitrogens with zero attached hydrogens (tertiary/aromatic N) is 1. The molecule has 0 aromatic carbocycles. The van der Waals surface area contributed by atoms with E-state index in [4.69, 9.17) is 18.9 Å². The first-order valence-corrected chi connectivity index (χ1v) is 25.7. The van der Waals surface area contributed by atoms with Crippen molar-refractivity contribution < 1.29 is 42.9 Å². The molecule has 0 heterocycles. The minimum atomic E-state index is -1.61. The maximum atomic E-state index is 12.8. The summed E-state index contributed by atoms with van der Waals surface area (Å²) in [7, 11) is 5.92. The van der Waals surface area contributed by atoms with Crippen molar-refractivity contribution in [2.45, 2.75) is 264 Å². The Morgan fingerprint density at radius 2 is 0.750 bits per heavy atom. The normalized spacial score (nSPS) is 12.8. The fraction of sp³-hybridized carbons (Fsp3) is 0.941. The van der Waals surface area contributed by atoms with Crippen molar-refractivity contribution in [1.82, 2.24) is 0 Å². The van der Waals surface area contributed by atoms with Crippen LogP contribution < -0.4 is 5.11 Å². The van der Waals surface area contributed by atoms with Gasteiger partial charge in [0.15, 0.2) is 12.4 Å². The molecule has 0 N–H and O–H groups in total. The summed E-state index contributed by atoms with van der Waals surface area (Å²) in [5.74, 6) is -2.27. The summed E-state index contributed by atoms with van der Waals surface area (Å²) in [6.07, 6.45) is 43.2. The molecule has 60 heavy (non-hydrogen) atoms. The number of aliphatic carboxylic acids is 1. The third-order valence-corrected chi connectivity index (χ3v) is 11.6. The van der Waals surface area contributed by atoms with Crippen molar-refractivity contribution >= 4 is 17.9 Å². The molecule has 0 aromatic heterocycles. The lowest BCUT2D eigenvalue weighted by Gasteiger charge is -2.26. The molecule has 0 aliphatic rings. The number of hydrogen-bond acceptors (Lipinski definition) is 8. The molecule has 0 saturated heterocycles. The van der Waals surface area contributed by atoms with Gasteiger partial charge in [0, 0.05) is 12.8 Å². The lowest BCUT2D eigenvalue weighted by molar-refractivity contribution is -0.870. The van der Waals surface area contributed by atoms with Crippen molar-refractivity contribution in [3.8, 4) is 0 Å². The van der Waals surface area contributed by atoms with Gasteiger partial charge in [0.25, 0.3) is 0 Å². The number of quaternary nitrogens is 1. The van der Waals surface area contributed by atoms with E-state index in [0.717, 1.165) is 38.5 Å². The van der Waals surface area contributed by atoms with Gasteiger partial charge >= 0.3 is 11.9 Å². The van der Waals surface area contributed by atoms with Gasteiger partial charge in [-0.3, -0.25) is 9.59 Å². The summed E-state index contributed by atoms with van der Waals surface area (Å²) >= 11 is 0. The van der Waals surface area contributed by atoms with Gasteiger partial charge in [-0.1, -0.05) is 226 Å². The Bertz CT molecular complexity index is 954. The Kier molecular flexibility index (Phi) is 42.7. The quantitative estimate of drug-likeness (QED) is 0.0257. The number of likely N-dealkylation sites (N-methyl/N-ethyl adjacent to an activating group) is 1. The number of unbranched alkanes of at least 4 members (excludes halogenated alkanes) is 33. The van der Waals surface area contributed by atoms with Crippen molar-refractivity contribution in [3.05, 3.63) is 0 Å². The van der Waals surface area contributed by atoms with E-state index in [9.17, 15) is 19.5 Å². The van der Waals surface area contributed by atoms with E-state index in [0.29, 0.717) is 17.4 Å². The zero-order valence-electron chi connectivity index (χ0n) is 40.4. The van der Waals surface area contributed by atoms with Gasteiger partial charge in [0.2, 0.25) is 0 Å². The molecule has 0 amide bonds. The van der Waals surface area contributed by atoms with Gasteiger partial charge in [0.05, 0.1) is 40.3 Å². The molecule has 0 bridgehead atoms. The molecule has 356 valence electrons. The van der Waals surface area contributed by atoms with E-state index in [1.54, 1.807) is 0 Å². The summed E-state index contributed by atoms with van der Waals surface area (Å²) in [4.78, 5) is 36.9. The number of hydrogen-bond donors (Lipinski definition) is 0. The lowest BCUT2D eigenvalue weighted by atomic mass is 10.0. The summed E-state index contributed by atoms with van der Waals surface area (Å²) in [6, 6.07) is 0. The first kappa shape index (κ1) is 58.3. The van der Waals surface area contributed by atoms with Crippen molar-refractivity contribution in [1.29, 1.82) is 0 Å². The Hall–Kier alpha value is -1.71. The van der Waals surface area contributed by atoms with Crippen LogP contribution in [0.25, 0.3) is 0 Å². The molecule has 0 aliphatic carbocycles. The van der Waals surface area contributed by atoms with E-state index in [1.165, 1.54) is 186 Å². The average molecular weight is 854 g/mol. The smallest absolute Gasteiger partial charge is 0.306 e. The molecule has 0 saturated carbocycles. The van der Waals surface area contributed by atoms with Gasteiger partial charge in [-0.15, -0.1) is 0 Å². The zero-order valence-corrected chi connectivity index (χ0v) is 40.4. The van der Waals surface area contributed by atoms with Crippen LogP contribution in [0.1, 0.15) is 251 Å². The highest BCUT2D eigenvalue weighted by Gasteiger charge is 2.22. The topological polar surface area (TPSA) is 111 Å². The molecule has 2 unspecified atom stereocenters. The maximum absolute atomic E-state index is 12.8. The standard InChI is InChI=1S/C51H99NO8/c1-6-8-10-12-14-16-17-18-19-20-21-22-23-24-25-26-27-28-29-30-31-32-33-34-36-38-40-42-49(54)60-47(46-59-51(50(55)56)57-44-43-52(3,4)5)45-58-48(53)41-39-37-35-15-13-11-9-7-2/h47,51H,6-46H2,1-5H3. The highest BCUT2D eigenvalue weighted by Crippen LogP contribution is 2.17. The monoisotopic (exact) mass is 854 g/mol. The van der Waals surface area contributed by atoms with Crippen molar-refractivity contribution in [2.24, 2.45) is 0 Å². The molecule has 2 atom stereocenters. The Morgan fingerprint density at radius 1 is 0.433 bits per heavy atom. The van der Waals surface area contributed by atoms with Gasteiger partial charge in [-0.2, -0.15) is 0 Å². The van der Waals surface area contributed by atoms with Crippen molar-refractivity contribution in [2.75, 3.05) is 47.5 Å². The van der Waals surface area contributed by atoms with Gasteiger partial charge < -0.3 is 33.3 Å². The van der Waals surface area contributed by atoms with Crippen LogP contribution in [0.3, 0.4) is 0 Å². The predicted octanol–water partition coefficient (Wildman–Crippen LogP) is 12.7. The Balaban J connectivity index is 4.06. The minimum absolute atomic E-state index is 0.153. The molecular formula is C51H99NO8. The highest BCUT2D eigenvalue weighted by atomic mass is 16.7. The van der Waals surface area contributed by atoms with E-state index in [2.05, 4.69) is 13.8 Å². The van der Waals surface area contributed by atoms with Crippen LogP contribution in [0.4, 0.5) is 0 Å². The minimum Gasteiger partial charge on any atom is -0.545 e. The van der Waals surface area contributed by atoms with Crippen LogP contribution in [-0.4, -0.2) is 82.3 Å². The fourth-order valence-corrected chi connectivity index (χ4v) is 7.60. The molecular weight excluding hydrogens is 755 g/mol. The van der Waals surface area contributed by atoms with E-state index >= 15 is 0 Å². The number of carbonyl (C=O) groups is 3. The van der Waals surface area contributed by atoms with Crippen LogP contribution in [0.5, 0.6) is 0 Å². The molecule has 0 radical (unpaired) electrons. The van der Waals surface area contributed by atoms with Crippen LogP contribution in [0, 0.1) is 0 Å². The highest BCUT2D eigenvalue weighted by molar-refractivity contribution is 5.70. The van der Waals surface area contributed by atoms with E-state index in [-0.39, 0.29) is 32.2 Å². The van der Waals surface area contributed by atoms with Gasteiger partial charge in [-0.05, 0) is 12.8 Å². The molecule has 0 fully saturated rings. The number of carbonyl (C=O) groups excluding carboxylic acids is 3. The second-order valence-electron chi connectivity index (χ2n) is 18.8. The zero-order chi connectivity index (χ0) is 44.2. The van der Waals surface area contributed by atoms with Gasteiger partial charge in [-0.25, -0.2) is 0 Å². The second kappa shape index (κ2) is 43.9. The molecule has 0 aliphatic heterocycles. The summed E-state index contributed by atoms with van der Waals surface area (Å²) in [6.45, 7) is 4.75. The maximum Gasteiger partial charge on any atom is 0.306 e. The number of esters is 2. The number of carboxylic acids is 1. The third kappa shape index (κ3) is 44.3. The first-order valence-electron chi connectivity index (χ1n) is 25.7. The van der Waals surface area contributed by atoms with E-state index < -0.39 is 24.3 Å². The third-order valence-electron chi connectivity index (χ3n) is 11.6. The largest absolute Gasteiger partial charge is 0.545 e. The Labute approximate surface area is 371 Å². The fourth-order valence-electron chi connectivity index (χ4n) is 7.60. The number of rotatable bonds is 48. The number of carboxylic acid groups (broad SMARTS) is 1. The first-order chi connectivity index (χ1) is 29.1. The van der Waals surface area contributed by atoms with Crippen LogP contribution in [0.2, 0.25) is 0 Å². The molecule has 0 rings (SSSR count). The molecule has 0 spiro atoms. The molecule has 0 aromatic rings. The summed E-state index contributed by atoms with van der Waals surface area (Å²) < 4.78 is 22.5. The molecule has 9 nitrogen and oxygen atoms in total. The van der Waals surface area contributed by atoms with Crippen LogP contribution in [-0.2, 0) is 33.3 Å². The van der Waals surface area contributed by atoms with Crippen LogP contribution >= 0.6 is 0 Å². The lowest BCUT2D eigenvalue weighted by Crippen LogP contribution is -2.44. The SMILES string of the molecule is CCCCCCCCCCCCCCCCCCCCCCCCCCCCCC(=O)OC(COC(=O)CCCCCCCCCC)COC(OCC[N+](C)(C)C)C(=O)[O-]. The van der Waals surface area contributed by atoms with Crippen LogP contribution in [0.15, 0.2) is 0 Å². The predicted molar refractivity (Wildman–Crippen MR) is 247 cm³/mol. The number of ether oxygens (including phenoxy) is 4. The Morgan fingerprint density at radius 3 is 1.07 bits per heavy atom.